The Bertz CT molecular complexity index is 1360. The molecule has 3 saturated heterocycles. The van der Waals surface area contributed by atoms with Crippen LogP contribution in [-0.2, 0) is 36.7 Å². The number of aromatic nitrogens is 1. The lowest BCUT2D eigenvalue weighted by Gasteiger charge is -2.36. The number of fused-ring (bicyclic) bond motifs is 1. The lowest BCUT2D eigenvalue weighted by Crippen LogP contribution is -2.50. The zero-order valence-electron chi connectivity index (χ0n) is 24.5. The molecule has 1 aromatic heterocycles. The molecular formula is C31H41N5O5S. The molecule has 4 heterocycles. The zero-order valence-corrected chi connectivity index (χ0v) is 25.3. The van der Waals surface area contributed by atoms with Crippen molar-refractivity contribution in [2.24, 2.45) is 11.8 Å². The lowest BCUT2D eigenvalue weighted by molar-refractivity contribution is -0.144. The monoisotopic (exact) mass is 595 g/mol. The van der Waals surface area contributed by atoms with E-state index in [9.17, 15) is 22.8 Å². The minimum Gasteiger partial charge on any atom is -0.340 e. The molecule has 2 amide bonds. The van der Waals surface area contributed by atoms with Crippen molar-refractivity contribution in [2.75, 3.05) is 39.3 Å². The molecular weight excluding hydrogens is 554 g/mol. The van der Waals surface area contributed by atoms with Crippen molar-refractivity contribution >= 4 is 27.6 Å². The van der Waals surface area contributed by atoms with Crippen molar-refractivity contribution in [1.82, 2.24) is 24.0 Å². The van der Waals surface area contributed by atoms with E-state index < -0.39 is 28.0 Å². The van der Waals surface area contributed by atoms with Gasteiger partial charge < -0.3 is 9.80 Å². The Labute approximate surface area is 248 Å². The predicted octanol–water partition coefficient (Wildman–Crippen LogP) is 2.16. The fourth-order valence-corrected chi connectivity index (χ4v) is 8.21. The second-order valence-electron chi connectivity index (χ2n) is 12.1. The van der Waals surface area contributed by atoms with Crippen molar-refractivity contribution in [3.05, 3.63) is 66.0 Å². The molecule has 0 aliphatic carbocycles. The van der Waals surface area contributed by atoms with E-state index in [0.29, 0.717) is 38.2 Å². The summed E-state index contributed by atoms with van der Waals surface area (Å²) in [6, 6.07) is 14.0. The van der Waals surface area contributed by atoms with Gasteiger partial charge in [0.15, 0.2) is 5.78 Å². The average molecular weight is 596 g/mol. The summed E-state index contributed by atoms with van der Waals surface area (Å²) in [6.07, 6.45) is 2.57. The van der Waals surface area contributed by atoms with Gasteiger partial charge in [0.1, 0.15) is 11.8 Å². The van der Waals surface area contributed by atoms with Crippen molar-refractivity contribution < 1.29 is 22.8 Å². The molecule has 11 heteroatoms. The summed E-state index contributed by atoms with van der Waals surface area (Å²) < 4.78 is 27.8. The first-order chi connectivity index (χ1) is 20.1. The van der Waals surface area contributed by atoms with E-state index in [1.807, 2.05) is 36.9 Å². The van der Waals surface area contributed by atoms with Crippen molar-refractivity contribution in [3.8, 4) is 0 Å². The van der Waals surface area contributed by atoms with Gasteiger partial charge in [0.2, 0.25) is 21.8 Å². The third kappa shape index (κ3) is 6.90. The Balaban J connectivity index is 1.21. The number of hydrogen-bond donors (Lipinski definition) is 0. The third-order valence-corrected chi connectivity index (χ3v) is 10.3. The number of likely N-dealkylation sites (tertiary alicyclic amines) is 1. The average Bonchev–Trinajstić information content (AvgIpc) is 3.55. The summed E-state index contributed by atoms with van der Waals surface area (Å²) in [5.41, 5.74) is 1.66. The molecule has 3 aliphatic heterocycles. The van der Waals surface area contributed by atoms with E-state index in [4.69, 9.17) is 0 Å². The van der Waals surface area contributed by atoms with Gasteiger partial charge in [0.25, 0.3) is 0 Å². The van der Waals surface area contributed by atoms with Crippen molar-refractivity contribution in [3.63, 3.8) is 0 Å². The smallest absolute Gasteiger partial charge is 0.226 e. The number of carbonyl (C=O) groups is 3. The van der Waals surface area contributed by atoms with Gasteiger partial charge in [-0.2, -0.15) is 4.31 Å². The van der Waals surface area contributed by atoms with E-state index in [0.717, 1.165) is 19.6 Å². The first-order valence-electron chi connectivity index (χ1n) is 14.9. The van der Waals surface area contributed by atoms with Crippen molar-refractivity contribution in [1.29, 1.82) is 0 Å². The standard InChI is InChI=1S/C31H41N5O5S/c1-23(2)18-25(19-29(38)34-16-14-33(15-17-34)20-24-8-4-3-5-9-24)31(39)35-13-11-27-30(35)28(37)21-36(27)42(40,41)22-26-10-6-7-12-32-26/h3-10,12,23,25,27,30H,11,13-22H2,1-2H3. The Morgan fingerprint density at radius 3 is 2.36 bits per heavy atom. The number of amides is 2. The van der Waals surface area contributed by atoms with Gasteiger partial charge in [-0.05, 0) is 36.5 Å². The Kier molecular flexibility index (Phi) is 9.39. The highest BCUT2D eigenvalue weighted by Crippen LogP contribution is 2.34. The number of carbonyl (C=O) groups excluding carboxylic acids is 3. The maximum atomic E-state index is 13.9. The molecule has 3 atom stereocenters. The minimum atomic E-state index is -3.80. The number of sulfonamides is 1. The SMILES string of the molecule is CC(C)CC(CC(=O)N1CCN(Cc2ccccc2)CC1)C(=O)N1CCC2C1C(=O)CN2S(=O)(=O)Cc1ccccn1. The summed E-state index contributed by atoms with van der Waals surface area (Å²) in [4.78, 5) is 50.3. The molecule has 3 aliphatic rings. The second kappa shape index (κ2) is 13.0. The van der Waals surface area contributed by atoms with Crippen LogP contribution in [0, 0.1) is 11.8 Å². The molecule has 2 aromatic rings. The van der Waals surface area contributed by atoms with E-state index in [2.05, 4.69) is 22.0 Å². The largest absolute Gasteiger partial charge is 0.340 e. The first-order valence-corrected chi connectivity index (χ1v) is 16.5. The molecule has 0 N–H and O–H groups in total. The maximum Gasteiger partial charge on any atom is 0.226 e. The topological polar surface area (TPSA) is 111 Å². The molecule has 42 heavy (non-hydrogen) atoms. The lowest BCUT2D eigenvalue weighted by atomic mass is 9.91. The minimum absolute atomic E-state index is 0.0404. The number of nitrogens with zero attached hydrogens (tertiary/aromatic N) is 5. The van der Waals surface area contributed by atoms with E-state index >= 15 is 0 Å². The molecule has 0 radical (unpaired) electrons. The number of Topliss-reactive ketones (excluding diaryl/α,β-unsaturated/α-hetero) is 1. The molecule has 5 rings (SSSR count). The molecule has 1 aromatic carbocycles. The van der Waals surface area contributed by atoms with Gasteiger partial charge in [0.05, 0.1) is 18.3 Å². The Morgan fingerprint density at radius 1 is 0.976 bits per heavy atom. The number of piperazine rings is 1. The van der Waals surface area contributed by atoms with Crippen LogP contribution in [0.25, 0.3) is 0 Å². The summed E-state index contributed by atoms with van der Waals surface area (Å²) in [6.45, 7) is 7.73. The number of hydrogen-bond acceptors (Lipinski definition) is 7. The van der Waals surface area contributed by atoms with E-state index in [-0.39, 0.29) is 42.2 Å². The Hall–Kier alpha value is -3.15. The fourth-order valence-electron chi connectivity index (χ4n) is 6.55. The highest BCUT2D eigenvalue weighted by molar-refractivity contribution is 7.88. The molecule has 226 valence electrons. The normalized spacial score (nSPS) is 22.5. The summed E-state index contributed by atoms with van der Waals surface area (Å²) in [5, 5.41) is 0. The predicted molar refractivity (Wildman–Crippen MR) is 158 cm³/mol. The van der Waals surface area contributed by atoms with Crippen LogP contribution in [0.2, 0.25) is 0 Å². The van der Waals surface area contributed by atoms with Crippen LogP contribution in [0.15, 0.2) is 54.7 Å². The molecule has 3 fully saturated rings. The summed E-state index contributed by atoms with van der Waals surface area (Å²) in [7, 11) is -3.80. The summed E-state index contributed by atoms with van der Waals surface area (Å²) >= 11 is 0. The summed E-state index contributed by atoms with van der Waals surface area (Å²) in [5.74, 6) is -1.18. The van der Waals surface area contributed by atoms with Gasteiger partial charge in [-0.25, -0.2) is 8.42 Å². The first kappa shape index (κ1) is 30.3. The highest BCUT2D eigenvalue weighted by atomic mass is 32.2. The van der Waals surface area contributed by atoms with E-state index in [1.165, 1.54) is 9.87 Å². The molecule has 0 bridgehead atoms. The molecule has 3 unspecified atom stereocenters. The van der Waals surface area contributed by atoms with Gasteiger partial charge in [-0.15, -0.1) is 0 Å². The molecule has 0 spiro atoms. The van der Waals surface area contributed by atoms with Gasteiger partial charge >= 0.3 is 0 Å². The molecule has 0 saturated carbocycles. The van der Waals surface area contributed by atoms with Gasteiger partial charge in [-0.3, -0.25) is 24.3 Å². The zero-order chi connectivity index (χ0) is 29.9. The van der Waals surface area contributed by atoms with Crippen LogP contribution in [0.5, 0.6) is 0 Å². The number of pyridine rings is 1. The van der Waals surface area contributed by atoms with Gasteiger partial charge in [0, 0.05) is 57.8 Å². The van der Waals surface area contributed by atoms with Gasteiger partial charge in [-0.1, -0.05) is 50.2 Å². The highest BCUT2D eigenvalue weighted by Gasteiger charge is 2.54. The number of rotatable bonds is 10. The number of ketones is 1. The van der Waals surface area contributed by atoms with Crippen LogP contribution in [0.1, 0.15) is 44.4 Å². The van der Waals surface area contributed by atoms with Crippen LogP contribution in [-0.4, -0.2) is 101 Å². The molecule has 10 nitrogen and oxygen atoms in total. The van der Waals surface area contributed by atoms with Crippen LogP contribution >= 0.6 is 0 Å². The Morgan fingerprint density at radius 2 is 1.69 bits per heavy atom. The van der Waals surface area contributed by atoms with Crippen LogP contribution < -0.4 is 0 Å². The van der Waals surface area contributed by atoms with Crippen LogP contribution in [0.4, 0.5) is 0 Å². The second-order valence-corrected chi connectivity index (χ2v) is 14.0. The third-order valence-electron chi connectivity index (χ3n) is 8.57. The maximum absolute atomic E-state index is 13.9. The van der Waals surface area contributed by atoms with Crippen LogP contribution in [0.3, 0.4) is 0 Å². The fraction of sp³-hybridized carbons (Fsp3) is 0.548. The van der Waals surface area contributed by atoms with E-state index in [1.54, 1.807) is 29.3 Å². The quantitative estimate of drug-likeness (QED) is 0.414. The number of benzene rings is 1. The van der Waals surface area contributed by atoms with Crippen molar-refractivity contribution in [2.45, 2.75) is 57.5 Å².